The molecule has 0 bridgehead atoms. The normalized spacial score (nSPS) is 13.6. The van der Waals surface area contributed by atoms with Crippen molar-refractivity contribution in [1.29, 1.82) is 0 Å². The van der Waals surface area contributed by atoms with E-state index in [0.717, 1.165) is 24.2 Å². The standard InChI is InChI=1S/C19H19ClFNO2/c1-24-15-5-2-4-13(10-15)11-19(23)22(14-8-9-14)12-16-17(20)6-3-7-18(16)21/h2-7,10,14H,8-9,11-12H2,1H3. The molecule has 0 aromatic heterocycles. The minimum atomic E-state index is -0.373. The van der Waals surface area contributed by atoms with Crippen LogP contribution in [0.3, 0.4) is 0 Å². The highest BCUT2D eigenvalue weighted by atomic mass is 35.5. The lowest BCUT2D eigenvalue weighted by Crippen LogP contribution is -2.34. The van der Waals surface area contributed by atoms with Gasteiger partial charge < -0.3 is 9.64 Å². The quantitative estimate of drug-likeness (QED) is 0.783. The average molecular weight is 348 g/mol. The maximum atomic E-state index is 14.0. The fourth-order valence-corrected chi connectivity index (χ4v) is 2.94. The average Bonchev–Trinajstić information content (AvgIpc) is 3.39. The summed E-state index contributed by atoms with van der Waals surface area (Å²) in [5.74, 6) is 0.322. The molecule has 0 heterocycles. The smallest absolute Gasteiger partial charge is 0.227 e. The van der Waals surface area contributed by atoms with Crippen molar-refractivity contribution in [2.75, 3.05) is 7.11 Å². The van der Waals surface area contributed by atoms with Gasteiger partial charge in [-0.25, -0.2) is 4.39 Å². The first-order valence-electron chi connectivity index (χ1n) is 7.94. The van der Waals surface area contributed by atoms with Gasteiger partial charge in [0.1, 0.15) is 11.6 Å². The van der Waals surface area contributed by atoms with E-state index in [9.17, 15) is 9.18 Å². The van der Waals surface area contributed by atoms with Crippen LogP contribution < -0.4 is 4.74 Å². The highest BCUT2D eigenvalue weighted by Crippen LogP contribution is 2.31. The number of amides is 1. The van der Waals surface area contributed by atoms with Crippen LogP contribution in [0.1, 0.15) is 24.0 Å². The summed E-state index contributed by atoms with van der Waals surface area (Å²) >= 11 is 6.11. The maximum Gasteiger partial charge on any atom is 0.227 e. The van der Waals surface area contributed by atoms with Crippen LogP contribution in [0.2, 0.25) is 5.02 Å². The maximum absolute atomic E-state index is 14.0. The molecule has 126 valence electrons. The van der Waals surface area contributed by atoms with Gasteiger partial charge in [-0.2, -0.15) is 0 Å². The third-order valence-corrected chi connectivity index (χ3v) is 4.54. The number of methoxy groups -OCH3 is 1. The number of rotatable bonds is 6. The number of hydrogen-bond acceptors (Lipinski definition) is 2. The van der Waals surface area contributed by atoms with Gasteiger partial charge >= 0.3 is 0 Å². The van der Waals surface area contributed by atoms with Crippen molar-refractivity contribution in [1.82, 2.24) is 4.90 Å². The summed E-state index contributed by atoms with van der Waals surface area (Å²) < 4.78 is 19.2. The lowest BCUT2D eigenvalue weighted by Gasteiger charge is -2.23. The number of benzene rings is 2. The largest absolute Gasteiger partial charge is 0.497 e. The van der Waals surface area contributed by atoms with Crippen LogP contribution in [-0.2, 0) is 17.8 Å². The molecule has 0 saturated heterocycles. The number of hydrogen-bond donors (Lipinski definition) is 0. The molecule has 0 aliphatic heterocycles. The van der Waals surface area contributed by atoms with Gasteiger partial charge in [0.05, 0.1) is 20.1 Å². The Kier molecular flexibility index (Phi) is 5.05. The van der Waals surface area contributed by atoms with Gasteiger partial charge in [-0.05, 0) is 42.7 Å². The second-order valence-electron chi connectivity index (χ2n) is 5.98. The molecule has 2 aromatic rings. The Bertz CT molecular complexity index is 726. The Morgan fingerprint density at radius 1 is 1.29 bits per heavy atom. The molecule has 0 N–H and O–H groups in total. The number of halogens is 2. The molecule has 1 saturated carbocycles. The molecule has 1 aliphatic rings. The van der Waals surface area contributed by atoms with Gasteiger partial charge in [0.15, 0.2) is 0 Å². The van der Waals surface area contributed by atoms with Crippen molar-refractivity contribution in [3.63, 3.8) is 0 Å². The van der Waals surface area contributed by atoms with Gasteiger partial charge in [0.2, 0.25) is 5.91 Å². The van der Waals surface area contributed by atoms with Crippen LogP contribution >= 0.6 is 11.6 Å². The molecule has 0 radical (unpaired) electrons. The lowest BCUT2D eigenvalue weighted by atomic mass is 10.1. The first kappa shape index (κ1) is 16.8. The zero-order valence-corrected chi connectivity index (χ0v) is 14.2. The first-order valence-corrected chi connectivity index (χ1v) is 8.31. The fraction of sp³-hybridized carbons (Fsp3) is 0.316. The van der Waals surface area contributed by atoms with Gasteiger partial charge in [0.25, 0.3) is 0 Å². The van der Waals surface area contributed by atoms with E-state index in [1.54, 1.807) is 24.1 Å². The zero-order chi connectivity index (χ0) is 17.1. The number of carbonyl (C=O) groups excluding carboxylic acids is 1. The second-order valence-corrected chi connectivity index (χ2v) is 6.39. The topological polar surface area (TPSA) is 29.5 Å². The molecule has 3 rings (SSSR count). The highest BCUT2D eigenvalue weighted by Gasteiger charge is 2.33. The van der Waals surface area contributed by atoms with Crippen LogP contribution in [-0.4, -0.2) is 24.0 Å². The monoisotopic (exact) mass is 347 g/mol. The molecule has 1 fully saturated rings. The SMILES string of the molecule is COc1cccc(CC(=O)N(Cc2c(F)cccc2Cl)C2CC2)c1. The summed E-state index contributed by atoms with van der Waals surface area (Å²) in [7, 11) is 1.59. The Hall–Kier alpha value is -2.07. The second kappa shape index (κ2) is 7.22. The minimum Gasteiger partial charge on any atom is -0.497 e. The summed E-state index contributed by atoms with van der Waals surface area (Å²) in [5.41, 5.74) is 1.26. The van der Waals surface area contributed by atoms with Crippen molar-refractivity contribution < 1.29 is 13.9 Å². The molecule has 3 nitrogen and oxygen atoms in total. The molecule has 0 atom stereocenters. The van der Waals surface area contributed by atoms with E-state index in [-0.39, 0.29) is 30.7 Å². The van der Waals surface area contributed by atoms with Crippen LogP contribution in [0.25, 0.3) is 0 Å². The molecule has 2 aromatic carbocycles. The predicted octanol–water partition coefficient (Wildman–Crippen LogP) is 4.22. The number of carbonyl (C=O) groups is 1. The minimum absolute atomic E-state index is 0.0231. The summed E-state index contributed by atoms with van der Waals surface area (Å²) in [6.45, 7) is 0.207. The third-order valence-electron chi connectivity index (χ3n) is 4.19. The molecule has 24 heavy (non-hydrogen) atoms. The zero-order valence-electron chi connectivity index (χ0n) is 13.5. The lowest BCUT2D eigenvalue weighted by molar-refractivity contribution is -0.131. The number of ether oxygens (including phenoxy) is 1. The Balaban J connectivity index is 1.77. The molecule has 0 unspecified atom stereocenters. The molecular weight excluding hydrogens is 329 g/mol. The van der Waals surface area contributed by atoms with Crippen molar-refractivity contribution in [2.45, 2.75) is 31.8 Å². The molecular formula is C19H19ClFNO2. The van der Waals surface area contributed by atoms with E-state index in [4.69, 9.17) is 16.3 Å². The Morgan fingerprint density at radius 3 is 2.71 bits per heavy atom. The molecule has 5 heteroatoms. The van der Waals surface area contributed by atoms with E-state index < -0.39 is 0 Å². The molecule has 1 amide bonds. The summed E-state index contributed by atoms with van der Waals surface area (Å²) in [5, 5.41) is 0.356. The number of nitrogens with zero attached hydrogens (tertiary/aromatic N) is 1. The van der Waals surface area contributed by atoms with Gasteiger partial charge in [-0.1, -0.05) is 29.8 Å². The van der Waals surface area contributed by atoms with Crippen molar-refractivity contribution >= 4 is 17.5 Å². The summed E-state index contributed by atoms with van der Waals surface area (Å²) in [6, 6.07) is 12.2. The fourth-order valence-electron chi connectivity index (χ4n) is 2.72. The molecule has 1 aliphatic carbocycles. The van der Waals surface area contributed by atoms with E-state index >= 15 is 0 Å². The predicted molar refractivity (Wildman–Crippen MR) is 91.7 cm³/mol. The van der Waals surface area contributed by atoms with Gasteiger partial charge in [0, 0.05) is 16.6 Å². The summed E-state index contributed by atoms with van der Waals surface area (Å²) in [6.07, 6.45) is 2.17. The van der Waals surface area contributed by atoms with E-state index in [1.807, 2.05) is 24.3 Å². The van der Waals surface area contributed by atoms with Crippen molar-refractivity contribution in [3.8, 4) is 5.75 Å². The van der Waals surface area contributed by atoms with E-state index in [1.165, 1.54) is 6.07 Å². The van der Waals surface area contributed by atoms with Gasteiger partial charge in [-0.3, -0.25) is 4.79 Å². The van der Waals surface area contributed by atoms with E-state index in [0.29, 0.717) is 10.6 Å². The Morgan fingerprint density at radius 2 is 2.04 bits per heavy atom. The first-order chi connectivity index (χ1) is 11.6. The Labute approximate surface area is 146 Å². The van der Waals surface area contributed by atoms with E-state index in [2.05, 4.69) is 0 Å². The van der Waals surface area contributed by atoms with Crippen molar-refractivity contribution in [3.05, 3.63) is 64.4 Å². The highest BCUT2D eigenvalue weighted by molar-refractivity contribution is 6.31. The summed E-state index contributed by atoms with van der Waals surface area (Å²) in [4.78, 5) is 14.5. The molecule has 0 spiro atoms. The van der Waals surface area contributed by atoms with Crippen LogP contribution in [0, 0.1) is 5.82 Å². The third kappa shape index (κ3) is 3.88. The van der Waals surface area contributed by atoms with Crippen LogP contribution in [0.15, 0.2) is 42.5 Å². The van der Waals surface area contributed by atoms with Gasteiger partial charge in [-0.15, -0.1) is 0 Å². The van der Waals surface area contributed by atoms with Crippen LogP contribution in [0.4, 0.5) is 4.39 Å². The van der Waals surface area contributed by atoms with Crippen molar-refractivity contribution in [2.24, 2.45) is 0 Å². The van der Waals surface area contributed by atoms with Crippen LogP contribution in [0.5, 0.6) is 5.75 Å².